The highest BCUT2D eigenvalue weighted by Crippen LogP contribution is 2.17. The summed E-state index contributed by atoms with van der Waals surface area (Å²) in [4.78, 5) is 0.116. The number of sulfonamides is 1. The van der Waals surface area contributed by atoms with E-state index in [-0.39, 0.29) is 4.90 Å². The number of rotatable bonds is 4. The fraction of sp³-hybridized carbons (Fsp3) is 0.154. The van der Waals surface area contributed by atoms with E-state index < -0.39 is 16.1 Å². The van der Waals surface area contributed by atoms with Gasteiger partial charge in [0.2, 0.25) is 10.0 Å². The molecule has 0 spiro atoms. The van der Waals surface area contributed by atoms with Gasteiger partial charge in [0.25, 0.3) is 0 Å². The highest BCUT2D eigenvalue weighted by molar-refractivity contribution is 7.89. The first-order valence-corrected chi connectivity index (χ1v) is 7.07. The SMILES string of the molecule is C[C@@H](NS(=O)(=O)c1ccc(C#N)cc1)c1ccco1. The average molecular weight is 276 g/mol. The van der Waals surface area contributed by atoms with Crippen molar-refractivity contribution >= 4 is 10.0 Å². The van der Waals surface area contributed by atoms with Gasteiger partial charge < -0.3 is 4.42 Å². The van der Waals surface area contributed by atoms with Gasteiger partial charge in [0.05, 0.1) is 28.8 Å². The minimum Gasteiger partial charge on any atom is -0.468 e. The Kier molecular flexibility index (Phi) is 3.69. The fourth-order valence-electron chi connectivity index (χ4n) is 1.61. The Morgan fingerprint density at radius 3 is 2.47 bits per heavy atom. The first-order valence-electron chi connectivity index (χ1n) is 5.59. The quantitative estimate of drug-likeness (QED) is 0.927. The first kappa shape index (κ1) is 13.3. The molecule has 0 saturated heterocycles. The standard InChI is InChI=1S/C13H12N2O3S/c1-10(13-3-2-8-18-13)15-19(16,17)12-6-4-11(9-14)5-7-12/h2-8,10,15H,1H3/t10-/m1/s1. The number of furan rings is 1. The molecule has 0 radical (unpaired) electrons. The summed E-state index contributed by atoms with van der Waals surface area (Å²) in [5, 5.41) is 8.67. The molecule has 0 aliphatic carbocycles. The lowest BCUT2D eigenvalue weighted by molar-refractivity contribution is 0.459. The Hall–Kier alpha value is -2.10. The lowest BCUT2D eigenvalue weighted by Gasteiger charge is -2.12. The van der Waals surface area contributed by atoms with Crippen LogP contribution in [0.3, 0.4) is 0 Å². The van der Waals surface area contributed by atoms with Crippen LogP contribution in [0.2, 0.25) is 0 Å². The molecule has 0 saturated carbocycles. The minimum atomic E-state index is -3.63. The second kappa shape index (κ2) is 5.26. The van der Waals surface area contributed by atoms with Crippen LogP contribution in [0.5, 0.6) is 0 Å². The molecule has 1 N–H and O–H groups in total. The molecule has 1 aromatic heterocycles. The third-order valence-corrected chi connectivity index (χ3v) is 4.15. The lowest BCUT2D eigenvalue weighted by atomic mass is 10.2. The summed E-state index contributed by atoms with van der Waals surface area (Å²) in [5.41, 5.74) is 0.415. The molecule has 19 heavy (non-hydrogen) atoms. The van der Waals surface area contributed by atoms with Crippen LogP contribution in [0.4, 0.5) is 0 Å². The van der Waals surface area contributed by atoms with E-state index in [1.54, 1.807) is 19.1 Å². The Labute approximate surface area is 111 Å². The van der Waals surface area contributed by atoms with Crippen molar-refractivity contribution in [3.05, 3.63) is 54.0 Å². The van der Waals surface area contributed by atoms with E-state index in [0.717, 1.165) is 0 Å². The number of nitriles is 1. The highest BCUT2D eigenvalue weighted by Gasteiger charge is 2.19. The average Bonchev–Trinajstić information content (AvgIpc) is 2.92. The van der Waals surface area contributed by atoms with E-state index in [2.05, 4.69) is 4.72 Å². The van der Waals surface area contributed by atoms with Gasteiger partial charge in [-0.3, -0.25) is 0 Å². The zero-order valence-electron chi connectivity index (χ0n) is 10.2. The molecule has 0 unspecified atom stereocenters. The number of benzene rings is 1. The molecule has 5 nitrogen and oxygen atoms in total. The molecular formula is C13H12N2O3S. The normalized spacial score (nSPS) is 12.8. The molecule has 0 aliphatic rings. The Morgan fingerprint density at radius 2 is 1.95 bits per heavy atom. The summed E-state index contributed by atoms with van der Waals surface area (Å²) >= 11 is 0. The molecule has 1 heterocycles. The van der Waals surface area contributed by atoms with Crippen LogP contribution >= 0.6 is 0 Å². The van der Waals surface area contributed by atoms with E-state index in [1.165, 1.54) is 30.5 Å². The van der Waals surface area contributed by atoms with Gasteiger partial charge >= 0.3 is 0 Å². The lowest BCUT2D eigenvalue weighted by Crippen LogP contribution is -2.26. The summed E-state index contributed by atoms with van der Waals surface area (Å²) in [5.74, 6) is 0.539. The topological polar surface area (TPSA) is 83.1 Å². The van der Waals surface area contributed by atoms with Crippen LogP contribution < -0.4 is 4.72 Å². The summed E-state index contributed by atoms with van der Waals surface area (Å²) < 4.78 is 31.9. The van der Waals surface area contributed by atoms with Gasteiger partial charge in [-0.2, -0.15) is 5.26 Å². The van der Waals surface area contributed by atoms with Gasteiger partial charge in [-0.05, 0) is 43.3 Å². The van der Waals surface area contributed by atoms with Crippen LogP contribution in [0.15, 0.2) is 52.0 Å². The molecule has 0 fully saturated rings. The van der Waals surface area contributed by atoms with Crippen molar-refractivity contribution in [1.82, 2.24) is 4.72 Å². The predicted molar refractivity (Wildman–Crippen MR) is 68.6 cm³/mol. The molecule has 2 rings (SSSR count). The third kappa shape index (κ3) is 3.02. The smallest absolute Gasteiger partial charge is 0.241 e. The fourth-order valence-corrected chi connectivity index (χ4v) is 2.82. The molecule has 0 amide bonds. The maximum absolute atomic E-state index is 12.1. The van der Waals surface area contributed by atoms with E-state index >= 15 is 0 Å². The van der Waals surface area contributed by atoms with Crippen molar-refractivity contribution in [2.24, 2.45) is 0 Å². The largest absolute Gasteiger partial charge is 0.468 e. The Balaban J connectivity index is 2.20. The van der Waals surface area contributed by atoms with Gasteiger partial charge in [-0.15, -0.1) is 0 Å². The molecule has 6 heteroatoms. The van der Waals surface area contributed by atoms with E-state index in [9.17, 15) is 8.42 Å². The molecule has 0 bridgehead atoms. The number of hydrogen-bond acceptors (Lipinski definition) is 4. The van der Waals surface area contributed by atoms with E-state index in [1.807, 2.05) is 6.07 Å². The zero-order chi connectivity index (χ0) is 13.9. The number of hydrogen-bond donors (Lipinski definition) is 1. The van der Waals surface area contributed by atoms with Crippen LogP contribution in [-0.4, -0.2) is 8.42 Å². The summed E-state index contributed by atoms with van der Waals surface area (Å²) in [6.07, 6.45) is 1.49. The van der Waals surface area contributed by atoms with Crippen molar-refractivity contribution in [2.45, 2.75) is 17.9 Å². The van der Waals surface area contributed by atoms with Crippen molar-refractivity contribution in [1.29, 1.82) is 5.26 Å². The predicted octanol–water partition coefficient (Wildman–Crippen LogP) is 2.19. The van der Waals surface area contributed by atoms with Gasteiger partial charge in [-0.25, -0.2) is 13.1 Å². The van der Waals surface area contributed by atoms with Crippen LogP contribution in [-0.2, 0) is 10.0 Å². The van der Waals surface area contributed by atoms with Gasteiger partial charge in [0.1, 0.15) is 5.76 Å². The van der Waals surface area contributed by atoms with Crippen molar-refractivity contribution < 1.29 is 12.8 Å². The summed E-state index contributed by atoms with van der Waals surface area (Å²) in [6, 6.07) is 10.6. The van der Waals surface area contributed by atoms with Crippen LogP contribution in [0.25, 0.3) is 0 Å². The molecule has 98 valence electrons. The number of nitrogens with zero attached hydrogens (tertiary/aromatic N) is 1. The summed E-state index contributed by atoms with van der Waals surface area (Å²) in [7, 11) is -3.63. The Morgan fingerprint density at radius 1 is 1.26 bits per heavy atom. The number of nitrogens with one attached hydrogen (secondary N) is 1. The van der Waals surface area contributed by atoms with E-state index in [0.29, 0.717) is 11.3 Å². The maximum atomic E-state index is 12.1. The summed E-state index contributed by atoms with van der Waals surface area (Å²) in [6.45, 7) is 1.69. The third-order valence-electron chi connectivity index (χ3n) is 2.60. The van der Waals surface area contributed by atoms with Crippen LogP contribution in [0, 0.1) is 11.3 Å². The molecular weight excluding hydrogens is 264 g/mol. The monoisotopic (exact) mass is 276 g/mol. The van der Waals surface area contributed by atoms with Crippen molar-refractivity contribution in [2.75, 3.05) is 0 Å². The van der Waals surface area contributed by atoms with Gasteiger partial charge in [0, 0.05) is 0 Å². The highest BCUT2D eigenvalue weighted by atomic mass is 32.2. The van der Waals surface area contributed by atoms with Gasteiger partial charge in [-0.1, -0.05) is 0 Å². The van der Waals surface area contributed by atoms with E-state index in [4.69, 9.17) is 9.68 Å². The second-order valence-electron chi connectivity index (χ2n) is 3.99. The molecule has 1 aromatic carbocycles. The second-order valence-corrected chi connectivity index (χ2v) is 5.71. The molecule has 0 aliphatic heterocycles. The Bertz CT molecular complexity index is 682. The van der Waals surface area contributed by atoms with Crippen LogP contribution in [0.1, 0.15) is 24.3 Å². The molecule has 2 aromatic rings. The minimum absolute atomic E-state index is 0.116. The molecule has 1 atom stereocenters. The van der Waals surface area contributed by atoms with Crippen molar-refractivity contribution in [3.63, 3.8) is 0 Å². The maximum Gasteiger partial charge on any atom is 0.241 e. The zero-order valence-corrected chi connectivity index (χ0v) is 11.0. The first-order chi connectivity index (χ1) is 9.03. The van der Waals surface area contributed by atoms with Crippen molar-refractivity contribution in [3.8, 4) is 6.07 Å². The van der Waals surface area contributed by atoms with Gasteiger partial charge in [0.15, 0.2) is 0 Å².